The highest BCUT2D eigenvalue weighted by Crippen LogP contribution is 2.01. The Morgan fingerprint density at radius 3 is 3.07 bits per heavy atom. The average molecular weight is 228 g/mol. The molecule has 0 spiro atoms. The van der Waals surface area contributed by atoms with E-state index in [-0.39, 0.29) is 0 Å². The normalized spacial score (nSPS) is 10.0. The Balaban J connectivity index is 2.31. The minimum absolute atomic E-state index is 0.563. The van der Waals surface area contributed by atoms with Crippen LogP contribution < -0.4 is 10.6 Å². The standard InChI is InChI=1S/C9H16N4OS/c1-3-13-6-4-8(12-13)11-9(15)10-5-7-14-2/h4,6H,3,5,7H2,1-2H3,(H2,10,11,12,15). The molecule has 6 heteroatoms. The first kappa shape index (κ1) is 11.9. The second-order valence-corrected chi connectivity index (χ2v) is 3.34. The fourth-order valence-corrected chi connectivity index (χ4v) is 1.24. The third-order valence-corrected chi connectivity index (χ3v) is 2.04. The van der Waals surface area contributed by atoms with Crippen LogP contribution in [0.4, 0.5) is 5.82 Å². The first-order chi connectivity index (χ1) is 7.26. The van der Waals surface area contributed by atoms with E-state index >= 15 is 0 Å². The van der Waals surface area contributed by atoms with E-state index < -0.39 is 0 Å². The van der Waals surface area contributed by atoms with E-state index in [1.54, 1.807) is 7.11 Å². The summed E-state index contributed by atoms with van der Waals surface area (Å²) in [6, 6.07) is 1.88. The first-order valence-corrected chi connectivity index (χ1v) is 5.24. The maximum absolute atomic E-state index is 5.07. The lowest BCUT2D eigenvalue weighted by Gasteiger charge is -2.07. The Morgan fingerprint density at radius 1 is 1.67 bits per heavy atom. The molecule has 1 aromatic heterocycles. The number of aryl methyl sites for hydroxylation is 1. The monoisotopic (exact) mass is 228 g/mol. The summed E-state index contributed by atoms with van der Waals surface area (Å²) in [7, 11) is 1.65. The van der Waals surface area contributed by atoms with Gasteiger partial charge in [0.2, 0.25) is 0 Å². The van der Waals surface area contributed by atoms with Crippen molar-refractivity contribution in [3.8, 4) is 0 Å². The zero-order chi connectivity index (χ0) is 11.1. The number of aromatic nitrogens is 2. The average Bonchev–Trinajstić information content (AvgIpc) is 2.66. The molecule has 2 N–H and O–H groups in total. The first-order valence-electron chi connectivity index (χ1n) is 4.83. The van der Waals surface area contributed by atoms with E-state index in [2.05, 4.69) is 15.7 Å². The van der Waals surface area contributed by atoms with Gasteiger partial charge in [-0.2, -0.15) is 5.10 Å². The van der Waals surface area contributed by atoms with Crippen LogP contribution in [0.3, 0.4) is 0 Å². The van der Waals surface area contributed by atoms with Crippen molar-refractivity contribution in [2.24, 2.45) is 0 Å². The predicted octanol–water partition coefficient (Wildman–Crippen LogP) is 0.836. The molecule has 84 valence electrons. The van der Waals surface area contributed by atoms with Gasteiger partial charge in [-0.15, -0.1) is 0 Å². The van der Waals surface area contributed by atoms with Crippen LogP contribution in [0.2, 0.25) is 0 Å². The molecule has 0 atom stereocenters. The Labute approximate surface area is 94.8 Å². The van der Waals surface area contributed by atoms with E-state index in [1.165, 1.54) is 0 Å². The summed E-state index contributed by atoms with van der Waals surface area (Å²) >= 11 is 5.07. The molecule has 0 aliphatic carbocycles. The molecule has 0 saturated heterocycles. The summed E-state index contributed by atoms with van der Waals surface area (Å²) in [6.07, 6.45) is 1.90. The van der Waals surface area contributed by atoms with Gasteiger partial charge in [-0.25, -0.2) is 0 Å². The molecule has 0 radical (unpaired) electrons. The molecule has 5 nitrogen and oxygen atoms in total. The number of nitrogens with one attached hydrogen (secondary N) is 2. The quantitative estimate of drug-likeness (QED) is 0.577. The third-order valence-electron chi connectivity index (χ3n) is 1.80. The lowest BCUT2D eigenvalue weighted by atomic mass is 10.6. The van der Waals surface area contributed by atoms with Gasteiger partial charge in [0.05, 0.1) is 6.61 Å². The molecule has 0 aliphatic rings. The smallest absolute Gasteiger partial charge is 0.172 e. The molecule has 0 aliphatic heterocycles. The minimum Gasteiger partial charge on any atom is -0.383 e. The summed E-state index contributed by atoms with van der Waals surface area (Å²) in [5.41, 5.74) is 0. The number of nitrogens with zero attached hydrogens (tertiary/aromatic N) is 2. The second kappa shape index (κ2) is 6.36. The zero-order valence-electron chi connectivity index (χ0n) is 8.99. The number of ether oxygens (including phenoxy) is 1. The second-order valence-electron chi connectivity index (χ2n) is 2.93. The highest BCUT2D eigenvalue weighted by atomic mass is 32.1. The predicted molar refractivity (Wildman–Crippen MR) is 64.0 cm³/mol. The van der Waals surface area contributed by atoms with Crippen molar-refractivity contribution in [1.82, 2.24) is 15.1 Å². The van der Waals surface area contributed by atoms with Crippen molar-refractivity contribution >= 4 is 23.1 Å². The van der Waals surface area contributed by atoms with E-state index in [9.17, 15) is 0 Å². The summed E-state index contributed by atoms with van der Waals surface area (Å²) in [4.78, 5) is 0. The molecule has 0 bridgehead atoms. The molecule has 1 aromatic rings. The zero-order valence-corrected chi connectivity index (χ0v) is 9.80. The molecular weight excluding hydrogens is 212 g/mol. The van der Waals surface area contributed by atoms with Gasteiger partial charge in [0.25, 0.3) is 0 Å². The Morgan fingerprint density at radius 2 is 2.47 bits per heavy atom. The highest BCUT2D eigenvalue weighted by Gasteiger charge is 1.99. The van der Waals surface area contributed by atoms with Crippen LogP contribution in [0.1, 0.15) is 6.92 Å². The largest absolute Gasteiger partial charge is 0.383 e. The SMILES string of the molecule is CCn1ccc(NC(=S)NCCOC)n1. The number of methoxy groups -OCH3 is 1. The maximum atomic E-state index is 5.07. The van der Waals surface area contributed by atoms with Gasteiger partial charge in [-0.1, -0.05) is 0 Å². The molecule has 0 saturated carbocycles. The van der Waals surface area contributed by atoms with Crippen molar-refractivity contribution in [1.29, 1.82) is 0 Å². The van der Waals surface area contributed by atoms with Crippen LogP contribution in [-0.2, 0) is 11.3 Å². The van der Waals surface area contributed by atoms with Gasteiger partial charge in [-0.05, 0) is 19.1 Å². The van der Waals surface area contributed by atoms with Gasteiger partial charge >= 0.3 is 0 Å². The van der Waals surface area contributed by atoms with Crippen LogP contribution in [0, 0.1) is 0 Å². The topological polar surface area (TPSA) is 51.1 Å². The Kier molecular flexibility index (Phi) is 5.06. The number of rotatable bonds is 5. The molecular formula is C9H16N4OS. The Bertz CT molecular complexity index is 313. The van der Waals surface area contributed by atoms with Crippen LogP contribution in [0.15, 0.2) is 12.3 Å². The summed E-state index contributed by atoms with van der Waals surface area (Å²) in [5, 5.41) is 10.8. The molecule has 0 fully saturated rings. The number of hydrogen-bond acceptors (Lipinski definition) is 3. The molecule has 15 heavy (non-hydrogen) atoms. The Hall–Kier alpha value is -1.14. The molecule has 1 rings (SSSR count). The highest BCUT2D eigenvalue weighted by molar-refractivity contribution is 7.80. The maximum Gasteiger partial charge on any atom is 0.172 e. The molecule has 1 heterocycles. The van der Waals surface area contributed by atoms with Gasteiger partial charge in [-0.3, -0.25) is 4.68 Å². The lowest BCUT2D eigenvalue weighted by Crippen LogP contribution is -2.31. The van der Waals surface area contributed by atoms with E-state index in [0.717, 1.165) is 12.4 Å². The van der Waals surface area contributed by atoms with E-state index in [1.807, 2.05) is 23.9 Å². The summed E-state index contributed by atoms with van der Waals surface area (Å²) in [6.45, 7) is 4.21. The summed E-state index contributed by atoms with van der Waals surface area (Å²) in [5.74, 6) is 0.756. The number of hydrogen-bond donors (Lipinski definition) is 2. The van der Waals surface area contributed by atoms with E-state index in [4.69, 9.17) is 17.0 Å². The number of thiocarbonyl (C=S) groups is 1. The van der Waals surface area contributed by atoms with Crippen molar-refractivity contribution < 1.29 is 4.74 Å². The number of anilines is 1. The fraction of sp³-hybridized carbons (Fsp3) is 0.556. The lowest BCUT2D eigenvalue weighted by molar-refractivity contribution is 0.204. The van der Waals surface area contributed by atoms with Crippen molar-refractivity contribution in [3.05, 3.63) is 12.3 Å². The van der Waals surface area contributed by atoms with Crippen LogP contribution in [-0.4, -0.2) is 35.2 Å². The van der Waals surface area contributed by atoms with Gasteiger partial charge < -0.3 is 15.4 Å². The fourth-order valence-electron chi connectivity index (χ4n) is 1.03. The van der Waals surface area contributed by atoms with Crippen LogP contribution >= 0.6 is 12.2 Å². The van der Waals surface area contributed by atoms with Gasteiger partial charge in [0.1, 0.15) is 0 Å². The third kappa shape index (κ3) is 4.26. The summed E-state index contributed by atoms with van der Waals surface area (Å²) < 4.78 is 6.73. The van der Waals surface area contributed by atoms with Crippen LogP contribution in [0.25, 0.3) is 0 Å². The van der Waals surface area contributed by atoms with E-state index in [0.29, 0.717) is 18.3 Å². The molecule has 0 unspecified atom stereocenters. The molecule has 0 amide bonds. The minimum atomic E-state index is 0.563. The van der Waals surface area contributed by atoms with Gasteiger partial charge in [0, 0.05) is 32.5 Å². The van der Waals surface area contributed by atoms with Crippen LogP contribution in [0.5, 0.6) is 0 Å². The van der Waals surface area contributed by atoms with Crippen molar-refractivity contribution in [2.45, 2.75) is 13.5 Å². The van der Waals surface area contributed by atoms with Crippen molar-refractivity contribution in [3.63, 3.8) is 0 Å². The van der Waals surface area contributed by atoms with Crippen molar-refractivity contribution in [2.75, 3.05) is 25.6 Å². The molecule has 0 aromatic carbocycles. The van der Waals surface area contributed by atoms with Gasteiger partial charge in [0.15, 0.2) is 10.9 Å².